The quantitative estimate of drug-likeness (QED) is 0.0328. The Labute approximate surface area is 449 Å². The van der Waals surface area contributed by atoms with Gasteiger partial charge in [0.1, 0.15) is 39.6 Å². The molecule has 4 fully saturated rings. The monoisotopic (exact) mass is 1060 g/mol. The van der Waals surface area contributed by atoms with Gasteiger partial charge in [-0.3, -0.25) is 33.6 Å². The molecule has 4 saturated carbocycles. The molecule has 0 radical (unpaired) electrons. The summed E-state index contributed by atoms with van der Waals surface area (Å²) in [4.78, 5) is 94.5. The van der Waals surface area contributed by atoms with E-state index < -0.39 is 23.8 Å². The highest BCUT2D eigenvalue weighted by atomic mass is 32.2. The summed E-state index contributed by atoms with van der Waals surface area (Å²) < 4.78 is 33.9. The number of nitrogens with zero attached hydrogens (tertiary/aromatic N) is 2. The first-order valence-corrected chi connectivity index (χ1v) is 30.4. The zero-order chi connectivity index (χ0) is 53.0. The van der Waals surface area contributed by atoms with Gasteiger partial charge in [-0.1, -0.05) is 140 Å². The molecule has 16 heteroatoms. The molecule has 424 valence electrons. The maximum absolute atomic E-state index is 13.5. The Balaban J connectivity index is 1.23. The second-order valence-electron chi connectivity index (χ2n) is 22.5. The number of carbonyl (C=O) groups excluding carboxylic acids is 7. The van der Waals surface area contributed by atoms with Gasteiger partial charge in [0.05, 0.1) is 11.8 Å². The van der Waals surface area contributed by atoms with Crippen molar-refractivity contribution in [3.8, 4) is 0 Å². The normalized spacial score (nSPS) is 17.3. The van der Waals surface area contributed by atoms with Crippen molar-refractivity contribution in [3.63, 3.8) is 0 Å². The molecule has 4 rings (SSSR count). The molecule has 0 aromatic rings. The van der Waals surface area contributed by atoms with E-state index in [1.807, 2.05) is 14.1 Å². The van der Waals surface area contributed by atoms with Crippen molar-refractivity contribution in [3.05, 3.63) is 0 Å². The molecule has 0 atom stereocenters. The van der Waals surface area contributed by atoms with Crippen LogP contribution in [-0.2, 0) is 57.2 Å². The lowest BCUT2D eigenvalue weighted by Crippen LogP contribution is -2.31. The minimum absolute atomic E-state index is 0.0231. The smallest absolute Gasteiger partial charge is 0.305 e. The van der Waals surface area contributed by atoms with Gasteiger partial charge < -0.3 is 38.2 Å². The molecule has 0 N–H and O–H groups in total. The minimum atomic E-state index is -0.514. The van der Waals surface area contributed by atoms with Gasteiger partial charge in [-0.15, -0.1) is 0 Å². The van der Waals surface area contributed by atoms with E-state index in [4.69, 9.17) is 28.4 Å². The van der Waals surface area contributed by atoms with Gasteiger partial charge >= 0.3 is 35.8 Å². The lowest BCUT2D eigenvalue weighted by molar-refractivity contribution is -0.156. The summed E-state index contributed by atoms with van der Waals surface area (Å²) in [5, 5.41) is -0.142. The fourth-order valence-corrected chi connectivity index (χ4v) is 11.7. The third-order valence-corrected chi connectivity index (χ3v) is 16.7. The number of amides is 1. The third kappa shape index (κ3) is 30.4. The van der Waals surface area contributed by atoms with Crippen molar-refractivity contribution in [2.24, 2.45) is 35.5 Å². The zero-order valence-electron chi connectivity index (χ0n) is 46.0. The summed E-state index contributed by atoms with van der Waals surface area (Å²) in [5.74, 6) is -0.383. The number of thioether (sulfide) groups is 1. The lowest BCUT2D eigenvalue weighted by Gasteiger charge is -2.23. The maximum atomic E-state index is 13.5. The van der Waals surface area contributed by atoms with Crippen LogP contribution in [0.15, 0.2) is 0 Å². The van der Waals surface area contributed by atoms with Gasteiger partial charge in [0.2, 0.25) is 0 Å². The van der Waals surface area contributed by atoms with E-state index in [9.17, 15) is 33.6 Å². The van der Waals surface area contributed by atoms with Gasteiger partial charge in [0.15, 0.2) is 0 Å². The van der Waals surface area contributed by atoms with Crippen LogP contribution in [0.4, 0.5) is 4.79 Å². The van der Waals surface area contributed by atoms with Crippen molar-refractivity contribution in [1.29, 1.82) is 0 Å². The topological polar surface area (TPSA) is 181 Å². The highest BCUT2D eigenvalue weighted by molar-refractivity contribution is 8.13. The highest BCUT2D eigenvalue weighted by Crippen LogP contribution is 2.30. The number of hydrogen-bond donors (Lipinski definition) is 0. The predicted octanol–water partition coefficient (Wildman–Crippen LogP) is 11.6. The Morgan fingerprint density at radius 3 is 0.919 bits per heavy atom. The van der Waals surface area contributed by atoms with Crippen LogP contribution in [0.2, 0.25) is 0 Å². The van der Waals surface area contributed by atoms with E-state index >= 15 is 0 Å². The van der Waals surface area contributed by atoms with Crippen molar-refractivity contribution >= 4 is 52.8 Å². The number of hydrogen-bond acceptors (Lipinski definition) is 15. The molecule has 4 aliphatic rings. The summed E-state index contributed by atoms with van der Waals surface area (Å²) >= 11 is 1.21. The Hall–Kier alpha value is -3.40. The fraction of sp³-hybridized carbons (Fsp3) is 0.879. The summed E-state index contributed by atoms with van der Waals surface area (Å²) in [5.41, 5.74) is 0. The summed E-state index contributed by atoms with van der Waals surface area (Å²) in [6, 6.07) is 0. The molecular formula is C58H98N2O13S. The van der Waals surface area contributed by atoms with Crippen LogP contribution >= 0.6 is 11.8 Å². The van der Waals surface area contributed by atoms with Crippen LogP contribution in [0.1, 0.15) is 212 Å². The molecule has 0 aliphatic heterocycles. The fourth-order valence-electron chi connectivity index (χ4n) is 10.9. The highest BCUT2D eigenvalue weighted by Gasteiger charge is 2.24. The average Bonchev–Trinajstić information content (AvgIpc) is 3.41. The molecule has 1 amide bonds. The molecule has 0 unspecified atom stereocenters. The van der Waals surface area contributed by atoms with Crippen LogP contribution < -0.4 is 0 Å². The summed E-state index contributed by atoms with van der Waals surface area (Å²) in [6.07, 6.45) is 29.8. The number of rotatable bonds is 36. The standard InChI is InChI=1S/C58H98N2O13S/c1-59(2)36-17-39-74-58(67)60(37-15-26-52(61)68-40-50(42-70-54(63)32-28-46-18-7-3-8-19-46)43-71-55(64)33-29-47-20-9-4-10-21-47)38-16-27-53(62)69-41-51(44-72-56(65)34-30-48-22-11-5-12-23-48)45-73-57(66)35-31-49-24-13-6-14-25-49/h46-51H,3-45H2,1-2H3. The minimum Gasteiger partial charge on any atom is -0.465 e. The molecule has 0 aromatic carbocycles. The number of ether oxygens (including phenoxy) is 6. The maximum Gasteiger partial charge on any atom is 0.305 e. The van der Waals surface area contributed by atoms with E-state index in [0.29, 0.717) is 67.9 Å². The molecule has 15 nitrogen and oxygen atoms in total. The SMILES string of the molecule is CN(C)CCCSC(=O)N(CCCC(=O)OCC(COC(=O)CCC1CCCCC1)COC(=O)CCC1CCCCC1)CCCC(=O)OCC(COC(=O)CCC1CCCCC1)COC(=O)CCC1CCCCC1. The van der Waals surface area contributed by atoms with Crippen LogP contribution in [0.5, 0.6) is 0 Å². The van der Waals surface area contributed by atoms with Gasteiger partial charge in [0, 0.05) is 57.4 Å². The Morgan fingerprint density at radius 2 is 0.649 bits per heavy atom. The van der Waals surface area contributed by atoms with Gasteiger partial charge in [-0.2, -0.15) is 0 Å². The molecule has 0 spiro atoms. The van der Waals surface area contributed by atoms with Crippen LogP contribution in [-0.4, -0.2) is 130 Å². The van der Waals surface area contributed by atoms with E-state index in [1.165, 1.54) is 88.8 Å². The van der Waals surface area contributed by atoms with Gasteiger partial charge in [-0.05, 0) is 89.3 Å². The zero-order valence-corrected chi connectivity index (χ0v) is 46.8. The third-order valence-electron chi connectivity index (χ3n) is 15.7. The van der Waals surface area contributed by atoms with Crippen molar-refractivity contribution in [2.75, 3.05) is 79.1 Å². The van der Waals surface area contributed by atoms with Crippen LogP contribution in [0.25, 0.3) is 0 Å². The largest absolute Gasteiger partial charge is 0.465 e. The second kappa shape index (κ2) is 39.0. The van der Waals surface area contributed by atoms with Crippen molar-refractivity contribution < 1.29 is 62.0 Å². The molecule has 0 aromatic heterocycles. The second-order valence-corrected chi connectivity index (χ2v) is 23.5. The average molecular weight is 1060 g/mol. The lowest BCUT2D eigenvalue weighted by atomic mass is 9.86. The summed E-state index contributed by atoms with van der Waals surface area (Å²) in [6.45, 7) is 1.12. The van der Waals surface area contributed by atoms with E-state index in [-0.39, 0.29) is 94.7 Å². The molecule has 0 bridgehead atoms. The van der Waals surface area contributed by atoms with Gasteiger partial charge in [-0.25, -0.2) is 0 Å². The Morgan fingerprint density at radius 1 is 0.378 bits per heavy atom. The first kappa shape index (κ1) is 63.1. The first-order chi connectivity index (χ1) is 35.9. The molecule has 0 heterocycles. The van der Waals surface area contributed by atoms with Crippen molar-refractivity contribution in [2.45, 2.75) is 212 Å². The Bertz CT molecular complexity index is 1430. The van der Waals surface area contributed by atoms with E-state index in [2.05, 4.69) is 4.90 Å². The number of carbonyl (C=O) groups is 7. The Kier molecular flexibility index (Phi) is 33.3. The van der Waals surface area contributed by atoms with Crippen LogP contribution in [0.3, 0.4) is 0 Å². The summed E-state index contributed by atoms with van der Waals surface area (Å²) in [7, 11) is 3.96. The van der Waals surface area contributed by atoms with E-state index in [0.717, 1.165) is 90.0 Å². The molecular weight excluding hydrogens is 965 g/mol. The van der Waals surface area contributed by atoms with Gasteiger partial charge in [0.25, 0.3) is 5.24 Å². The van der Waals surface area contributed by atoms with E-state index in [1.54, 1.807) is 4.90 Å². The predicted molar refractivity (Wildman–Crippen MR) is 287 cm³/mol. The van der Waals surface area contributed by atoms with Crippen LogP contribution in [0, 0.1) is 35.5 Å². The van der Waals surface area contributed by atoms with Crippen molar-refractivity contribution in [1.82, 2.24) is 9.80 Å². The first-order valence-electron chi connectivity index (χ1n) is 29.4. The molecule has 0 saturated heterocycles. The molecule has 4 aliphatic carbocycles. The number of esters is 6. The molecule has 74 heavy (non-hydrogen) atoms.